The third-order valence-electron chi connectivity index (χ3n) is 11.1. The predicted octanol–water partition coefficient (Wildman–Crippen LogP) is 2.79. The summed E-state index contributed by atoms with van der Waals surface area (Å²) in [5.74, 6) is -2.07. The summed E-state index contributed by atoms with van der Waals surface area (Å²) in [5, 5.41) is 49.3. The number of piperidine rings is 1. The monoisotopic (exact) mass is 574 g/mol. The van der Waals surface area contributed by atoms with Crippen molar-refractivity contribution < 1.29 is 34.8 Å². The van der Waals surface area contributed by atoms with Gasteiger partial charge in [-0.05, 0) is 60.9 Å². The van der Waals surface area contributed by atoms with Gasteiger partial charge in [-0.25, -0.2) is 4.79 Å². The third kappa shape index (κ3) is 3.62. The van der Waals surface area contributed by atoms with Gasteiger partial charge in [0.05, 0.1) is 18.3 Å². The summed E-state index contributed by atoms with van der Waals surface area (Å²) in [6, 6.07) is 10.6. The minimum absolute atomic E-state index is 0.0428. The first kappa shape index (κ1) is 27.3. The van der Waals surface area contributed by atoms with Crippen molar-refractivity contribution in [2.45, 2.75) is 74.5 Å². The van der Waals surface area contributed by atoms with Gasteiger partial charge >= 0.3 is 5.97 Å². The molecule has 9 heteroatoms. The standard InChI is InChI=1S/C33H38N2O7/c1-18-27(37)23(29(39)34-31(30(40)42-2)14-21-5-3-4-6-22(21)15-31)16-33(41)25-13-20-9-10-24(36)28(38)26(20)32(18,33)11-12-35(25)17-19-7-8-19/h3-6,9-10,18-19,25,36-38,41H,7-8,11-17H2,1-2H3,(H,34,39)/t18-,25+,32+,33+/m0/s1. The number of aromatic hydroxyl groups is 2. The molecular weight excluding hydrogens is 536 g/mol. The molecule has 0 spiro atoms. The SMILES string of the molecule is COC(=O)C1(NC(=O)C2=C(O)[C@H](C)[C@]34CCN(CC5CC5)[C@H](Cc5ccc(O)c(O)c53)[C@]4(O)C2)Cc2ccccc2C1. The smallest absolute Gasteiger partial charge is 0.332 e. The van der Waals surface area contributed by atoms with E-state index in [0.29, 0.717) is 30.9 Å². The molecule has 2 fully saturated rings. The highest BCUT2D eigenvalue weighted by atomic mass is 16.5. The molecule has 1 amide bonds. The average Bonchev–Trinajstić information content (AvgIpc) is 3.71. The summed E-state index contributed by atoms with van der Waals surface area (Å²) in [7, 11) is 1.29. The van der Waals surface area contributed by atoms with Gasteiger partial charge < -0.3 is 30.5 Å². The quantitative estimate of drug-likeness (QED) is 0.271. The Bertz CT molecular complexity index is 1510. The second-order valence-corrected chi connectivity index (χ2v) is 13.2. The average molecular weight is 575 g/mol. The summed E-state index contributed by atoms with van der Waals surface area (Å²) >= 11 is 0. The number of amides is 1. The molecule has 5 aliphatic rings. The highest BCUT2D eigenvalue weighted by Crippen LogP contribution is 2.64. The first-order chi connectivity index (χ1) is 20.0. The molecule has 2 aromatic rings. The molecule has 0 radical (unpaired) electrons. The molecule has 5 N–H and O–H groups in total. The van der Waals surface area contributed by atoms with E-state index in [-0.39, 0.29) is 48.1 Å². The number of carbonyl (C=O) groups excluding carboxylic acids is 2. The van der Waals surface area contributed by atoms with Crippen LogP contribution in [0.1, 0.15) is 54.9 Å². The van der Waals surface area contributed by atoms with Gasteiger partial charge in [0.2, 0.25) is 0 Å². The summed E-state index contributed by atoms with van der Waals surface area (Å²) in [6.45, 7) is 3.29. The van der Waals surface area contributed by atoms with Crippen LogP contribution in [-0.2, 0) is 39.0 Å². The maximum absolute atomic E-state index is 14.1. The predicted molar refractivity (Wildman–Crippen MR) is 153 cm³/mol. The van der Waals surface area contributed by atoms with E-state index in [1.54, 1.807) is 13.0 Å². The topological polar surface area (TPSA) is 140 Å². The van der Waals surface area contributed by atoms with Gasteiger partial charge in [-0.15, -0.1) is 0 Å². The molecule has 1 saturated heterocycles. The molecular formula is C33H38N2O7. The summed E-state index contributed by atoms with van der Waals surface area (Å²) in [4.78, 5) is 29.6. The number of fused-ring (bicyclic) bond motifs is 2. The number of methoxy groups -OCH3 is 1. The van der Waals surface area contributed by atoms with Gasteiger partial charge in [-0.1, -0.05) is 37.3 Å². The van der Waals surface area contributed by atoms with E-state index in [2.05, 4.69) is 10.2 Å². The molecule has 2 bridgehead atoms. The molecule has 0 aromatic heterocycles. The number of hydrogen-bond acceptors (Lipinski definition) is 8. The highest BCUT2D eigenvalue weighted by molar-refractivity contribution is 5.99. The molecule has 1 saturated carbocycles. The van der Waals surface area contributed by atoms with E-state index >= 15 is 0 Å². The van der Waals surface area contributed by atoms with Crippen LogP contribution in [0.15, 0.2) is 47.7 Å². The minimum Gasteiger partial charge on any atom is -0.512 e. The van der Waals surface area contributed by atoms with Crippen molar-refractivity contribution in [3.63, 3.8) is 0 Å². The zero-order valence-electron chi connectivity index (χ0n) is 24.0. The Morgan fingerprint density at radius 1 is 1.02 bits per heavy atom. The zero-order chi connectivity index (χ0) is 29.6. The second kappa shape index (κ2) is 9.22. The fourth-order valence-electron chi connectivity index (χ4n) is 8.80. The highest BCUT2D eigenvalue weighted by Gasteiger charge is 2.69. The molecule has 2 aromatic carbocycles. The van der Waals surface area contributed by atoms with Crippen molar-refractivity contribution in [1.29, 1.82) is 0 Å². The normalized spacial score (nSPS) is 31.1. The Balaban J connectivity index is 1.31. The summed E-state index contributed by atoms with van der Waals surface area (Å²) < 4.78 is 5.15. The van der Waals surface area contributed by atoms with Gasteiger partial charge in [-0.3, -0.25) is 9.69 Å². The van der Waals surface area contributed by atoms with Gasteiger partial charge in [0, 0.05) is 48.7 Å². The van der Waals surface area contributed by atoms with Crippen LogP contribution < -0.4 is 5.32 Å². The number of rotatable bonds is 5. The number of aliphatic hydroxyl groups excluding tert-OH is 1. The largest absolute Gasteiger partial charge is 0.512 e. The number of phenols is 2. The lowest BCUT2D eigenvalue weighted by Gasteiger charge is -2.65. The lowest BCUT2D eigenvalue weighted by molar-refractivity contribution is -0.171. The van der Waals surface area contributed by atoms with Crippen molar-refractivity contribution in [1.82, 2.24) is 10.2 Å². The van der Waals surface area contributed by atoms with Crippen LogP contribution >= 0.6 is 0 Å². The maximum atomic E-state index is 14.1. The van der Waals surface area contributed by atoms with Gasteiger partial charge in [0.1, 0.15) is 11.3 Å². The fraction of sp³-hybridized carbons (Fsp3) is 0.515. The van der Waals surface area contributed by atoms with E-state index in [1.165, 1.54) is 13.2 Å². The number of phenolic OH excluding ortho intramolecular Hbond substituents is 2. The lowest BCUT2D eigenvalue weighted by atomic mass is 9.46. The van der Waals surface area contributed by atoms with Crippen LogP contribution in [-0.4, -0.2) is 74.6 Å². The third-order valence-corrected chi connectivity index (χ3v) is 11.1. The van der Waals surface area contributed by atoms with E-state index in [0.717, 1.165) is 36.1 Å². The molecule has 4 atom stereocenters. The number of hydrogen-bond donors (Lipinski definition) is 5. The van der Waals surface area contributed by atoms with E-state index in [4.69, 9.17) is 4.74 Å². The van der Waals surface area contributed by atoms with E-state index in [1.807, 2.05) is 24.3 Å². The van der Waals surface area contributed by atoms with Gasteiger partial charge in [-0.2, -0.15) is 0 Å². The van der Waals surface area contributed by atoms with Crippen molar-refractivity contribution in [2.75, 3.05) is 20.2 Å². The fourth-order valence-corrected chi connectivity index (χ4v) is 8.80. The van der Waals surface area contributed by atoms with Crippen LogP contribution in [0, 0.1) is 11.8 Å². The Morgan fingerprint density at radius 3 is 2.36 bits per heavy atom. The summed E-state index contributed by atoms with van der Waals surface area (Å²) in [5.41, 5.74) is -0.744. The number of likely N-dealkylation sites (tertiary alicyclic amines) is 1. The molecule has 7 rings (SSSR count). The van der Waals surface area contributed by atoms with Crippen LogP contribution in [0.25, 0.3) is 0 Å². The van der Waals surface area contributed by atoms with Crippen molar-refractivity contribution in [2.24, 2.45) is 11.8 Å². The van der Waals surface area contributed by atoms with Gasteiger partial charge in [0.25, 0.3) is 5.91 Å². The Labute approximate surface area is 244 Å². The second-order valence-electron chi connectivity index (χ2n) is 13.2. The van der Waals surface area contributed by atoms with Crippen LogP contribution in [0.5, 0.6) is 11.5 Å². The Kier molecular flexibility index (Phi) is 5.99. The number of carbonyl (C=O) groups is 2. The Hall–Kier alpha value is -3.56. The molecule has 42 heavy (non-hydrogen) atoms. The molecule has 1 aliphatic heterocycles. The van der Waals surface area contributed by atoms with Gasteiger partial charge in [0.15, 0.2) is 11.5 Å². The molecule has 9 nitrogen and oxygen atoms in total. The number of nitrogens with one attached hydrogen (secondary N) is 1. The number of esters is 1. The number of ether oxygens (including phenoxy) is 1. The molecule has 0 unspecified atom stereocenters. The maximum Gasteiger partial charge on any atom is 0.332 e. The number of allylic oxidation sites excluding steroid dienone is 1. The number of nitrogens with zero attached hydrogens (tertiary/aromatic N) is 1. The lowest BCUT2D eigenvalue weighted by Crippen LogP contribution is -2.75. The zero-order valence-corrected chi connectivity index (χ0v) is 24.0. The van der Waals surface area contributed by atoms with Crippen molar-refractivity contribution >= 4 is 11.9 Å². The minimum atomic E-state index is -1.52. The summed E-state index contributed by atoms with van der Waals surface area (Å²) in [6.07, 6.45) is 3.56. The first-order valence-electron chi connectivity index (χ1n) is 14.9. The van der Waals surface area contributed by atoms with Crippen molar-refractivity contribution in [3.8, 4) is 11.5 Å². The van der Waals surface area contributed by atoms with Crippen molar-refractivity contribution in [3.05, 3.63) is 70.0 Å². The van der Waals surface area contributed by atoms with Crippen LogP contribution in [0.3, 0.4) is 0 Å². The first-order valence-corrected chi connectivity index (χ1v) is 14.9. The number of benzene rings is 2. The number of aliphatic hydroxyl groups is 2. The van der Waals surface area contributed by atoms with E-state index < -0.39 is 34.3 Å². The van der Waals surface area contributed by atoms with Crippen LogP contribution in [0.4, 0.5) is 0 Å². The Morgan fingerprint density at radius 2 is 1.71 bits per heavy atom. The molecule has 1 heterocycles. The molecule has 4 aliphatic carbocycles. The van der Waals surface area contributed by atoms with E-state index in [9.17, 15) is 30.0 Å². The molecule has 222 valence electrons. The van der Waals surface area contributed by atoms with Crippen LogP contribution in [0.2, 0.25) is 0 Å².